The molecule has 2 aromatic rings. The fourth-order valence-electron chi connectivity index (χ4n) is 2.64. The summed E-state index contributed by atoms with van der Waals surface area (Å²) in [4.78, 5) is 14.2. The largest absolute Gasteiger partial charge is 0.508 e. The Kier molecular flexibility index (Phi) is 3.94. The van der Waals surface area contributed by atoms with Crippen molar-refractivity contribution in [3.05, 3.63) is 53.6 Å². The first-order valence-electron chi connectivity index (χ1n) is 7.38. The number of amides is 1. The molecule has 1 heterocycles. The quantitative estimate of drug-likeness (QED) is 0.887. The van der Waals surface area contributed by atoms with E-state index in [1.54, 1.807) is 6.07 Å². The Morgan fingerprint density at radius 3 is 2.70 bits per heavy atom. The summed E-state index contributed by atoms with van der Waals surface area (Å²) >= 11 is 0. The van der Waals surface area contributed by atoms with Gasteiger partial charge in [0.05, 0.1) is 12.2 Å². The zero-order chi connectivity index (χ0) is 16.4. The number of phenols is 1. The van der Waals surface area contributed by atoms with Crippen LogP contribution in [-0.4, -0.2) is 23.7 Å². The van der Waals surface area contributed by atoms with Crippen LogP contribution in [0.4, 0.5) is 5.69 Å². The van der Waals surface area contributed by atoms with Crippen molar-refractivity contribution in [2.45, 2.75) is 19.4 Å². The molecule has 1 unspecified atom stereocenters. The third-order valence-corrected chi connectivity index (χ3v) is 3.84. The van der Waals surface area contributed by atoms with Crippen molar-refractivity contribution < 1.29 is 14.6 Å². The summed E-state index contributed by atoms with van der Waals surface area (Å²) in [5, 5.41) is 9.65. The van der Waals surface area contributed by atoms with E-state index in [-0.39, 0.29) is 18.2 Å². The Hall–Kier alpha value is -2.93. The van der Waals surface area contributed by atoms with Gasteiger partial charge in [-0.3, -0.25) is 9.69 Å². The maximum atomic E-state index is 12.7. The molecule has 0 radical (unpaired) electrons. The predicted octanol–water partition coefficient (Wildman–Crippen LogP) is 2.67. The maximum absolute atomic E-state index is 12.7. The number of aryl methyl sites for hydroxylation is 1. The van der Waals surface area contributed by atoms with E-state index in [0.29, 0.717) is 17.9 Å². The highest BCUT2D eigenvalue weighted by molar-refractivity contribution is 6.00. The first-order chi connectivity index (χ1) is 11.1. The van der Waals surface area contributed by atoms with Crippen molar-refractivity contribution in [3.8, 4) is 23.8 Å². The number of ether oxygens (including phenoxy) is 1. The van der Waals surface area contributed by atoms with Crippen molar-refractivity contribution in [1.82, 2.24) is 0 Å². The van der Waals surface area contributed by atoms with Crippen LogP contribution in [0.15, 0.2) is 42.5 Å². The molecule has 23 heavy (non-hydrogen) atoms. The SMILES string of the molecule is C#CCN1C(=O)C(Cc2ccc(C)cc2)Oc2cc(O)ccc21. The van der Waals surface area contributed by atoms with Gasteiger partial charge >= 0.3 is 0 Å². The van der Waals surface area contributed by atoms with Gasteiger partial charge in [-0.25, -0.2) is 0 Å². The van der Waals surface area contributed by atoms with E-state index in [4.69, 9.17) is 11.2 Å². The predicted molar refractivity (Wildman–Crippen MR) is 88.6 cm³/mol. The normalized spacial score (nSPS) is 16.4. The van der Waals surface area contributed by atoms with E-state index in [1.165, 1.54) is 17.0 Å². The van der Waals surface area contributed by atoms with Crippen LogP contribution in [0, 0.1) is 19.3 Å². The minimum atomic E-state index is -0.652. The molecule has 0 bridgehead atoms. The monoisotopic (exact) mass is 307 g/mol. The molecule has 1 aliphatic heterocycles. The van der Waals surface area contributed by atoms with Crippen LogP contribution in [0.1, 0.15) is 11.1 Å². The summed E-state index contributed by atoms with van der Waals surface area (Å²) in [6.07, 6.45) is 5.19. The number of benzene rings is 2. The third kappa shape index (κ3) is 3.00. The van der Waals surface area contributed by atoms with Gasteiger partial charge in [0, 0.05) is 12.5 Å². The zero-order valence-corrected chi connectivity index (χ0v) is 12.8. The molecule has 1 atom stereocenters. The number of fused-ring (bicyclic) bond motifs is 1. The second-order valence-corrected chi connectivity index (χ2v) is 5.58. The van der Waals surface area contributed by atoms with Gasteiger partial charge in [-0.15, -0.1) is 6.42 Å². The summed E-state index contributed by atoms with van der Waals surface area (Å²) in [7, 11) is 0. The molecule has 0 aliphatic carbocycles. The molecule has 4 heteroatoms. The van der Waals surface area contributed by atoms with E-state index in [9.17, 15) is 9.90 Å². The standard InChI is InChI=1S/C19H17NO3/c1-3-10-20-16-9-8-15(21)12-17(16)23-18(19(20)22)11-14-6-4-13(2)5-7-14/h1,4-9,12,18,21H,10-11H2,2H3. The molecule has 3 rings (SSSR count). The summed E-state index contributed by atoms with van der Waals surface area (Å²) in [6, 6.07) is 12.6. The van der Waals surface area contributed by atoms with Gasteiger partial charge in [-0.05, 0) is 24.6 Å². The Morgan fingerprint density at radius 1 is 1.26 bits per heavy atom. The Balaban J connectivity index is 1.92. The van der Waals surface area contributed by atoms with Crippen molar-refractivity contribution in [3.63, 3.8) is 0 Å². The average Bonchev–Trinajstić information content (AvgIpc) is 2.53. The van der Waals surface area contributed by atoms with Crippen LogP contribution in [0.2, 0.25) is 0 Å². The van der Waals surface area contributed by atoms with E-state index in [1.807, 2.05) is 31.2 Å². The summed E-state index contributed by atoms with van der Waals surface area (Å²) < 4.78 is 5.82. The van der Waals surface area contributed by atoms with Gasteiger partial charge in [0.1, 0.15) is 11.5 Å². The van der Waals surface area contributed by atoms with Gasteiger partial charge in [0.15, 0.2) is 6.10 Å². The fourth-order valence-corrected chi connectivity index (χ4v) is 2.64. The zero-order valence-electron chi connectivity index (χ0n) is 12.8. The van der Waals surface area contributed by atoms with Crippen molar-refractivity contribution in [2.75, 3.05) is 11.4 Å². The number of carbonyl (C=O) groups excluding carboxylic acids is 1. The molecular weight excluding hydrogens is 290 g/mol. The van der Waals surface area contributed by atoms with Gasteiger partial charge in [0.2, 0.25) is 0 Å². The van der Waals surface area contributed by atoms with Gasteiger partial charge in [-0.2, -0.15) is 0 Å². The van der Waals surface area contributed by atoms with Gasteiger partial charge < -0.3 is 9.84 Å². The highest BCUT2D eigenvalue weighted by Gasteiger charge is 2.34. The first-order valence-corrected chi connectivity index (χ1v) is 7.38. The van der Waals surface area contributed by atoms with Crippen molar-refractivity contribution in [2.24, 2.45) is 0 Å². The number of phenolic OH excluding ortho intramolecular Hbond substituents is 1. The fraction of sp³-hybridized carbons (Fsp3) is 0.211. The Bertz CT molecular complexity index is 774. The molecule has 116 valence electrons. The molecule has 0 saturated heterocycles. The molecule has 0 saturated carbocycles. The molecule has 4 nitrogen and oxygen atoms in total. The molecule has 1 amide bonds. The molecular formula is C19H17NO3. The molecule has 1 aliphatic rings. The number of nitrogens with zero attached hydrogens (tertiary/aromatic N) is 1. The molecule has 2 aromatic carbocycles. The average molecular weight is 307 g/mol. The number of rotatable bonds is 3. The highest BCUT2D eigenvalue weighted by Crippen LogP contribution is 2.37. The number of hydrogen-bond acceptors (Lipinski definition) is 3. The Morgan fingerprint density at radius 2 is 2.00 bits per heavy atom. The van der Waals surface area contributed by atoms with Crippen molar-refractivity contribution >= 4 is 11.6 Å². The van der Waals surface area contributed by atoms with Gasteiger partial charge in [-0.1, -0.05) is 35.7 Å². The van der Waals surface area contributed by atoms with E-state index in [0.717, 1.165) is 11.1 Å². The van der Waals surface area contributed by atoms with E-state index < -0.39 is 6.10 Å². The van der Waals surface area contributed by atoms with E-state index in [2.05, 4.69) is 5.92 Å². The number of aromatic hydroxyl groups is 1. The smallest absolute Gasteiger partial charge is 0.269 e. The minimum Gasteiger partial charge on any atom is -0.508 e. The Labute approximate surface area is 135 Å². The van der Waals surface area contributed by atoms with Crippen LogP contribution in [0.25, 0.3) is 0 Å². The number of hydrogen-bond donors (Lipinski definition) is 1. The van der Waals surface area contributed by atoms with Crippen molar-refractivity contribution in [1.29, 1.82) is 0 Å². The molecule has 0 spiro atoms. The summed E-state index contributed by atoms with van der Waals surface area (Å²) in [5.41, 5.74) is 2.76. The van der Waals surface area contributed by atoms with Crippen LogP contribution in [0.5, 0.6) is 11.5 Å². The third-order valence-electron chi connectivity index (χ3n) is 3.84. The lowest BCUT2D eigenvalue weighted by atomic mass is 10.0. The second-order valence-electron chi connectivity index (χ2n) is 5.58. The summed E-state index contributed by atoms with van der Waals surface area (Å²) in [5.74, 6) is 2.90. The van der Waals surface area contributed by atoms with Crippen LogP contribution >= 0.6 is 0 Å². The first kappa shape index (κ1) is 15.0. The van der Waals surface area contributed by atoms with Crippen LogP contribution in [0.3, 0.4) is 0 Å². The maximum Gasteiger partial charge on any atom is 0.269 e. The molecule has 1 N–H and O–H groups in total. The molecule has 0 fully saturated rings. The van der Waals surface area contributed by atoms with Gasteiger partial charge in [0.25, 0.3) is 5.91 Å². The number of anilines is 1. The van der Waals surface area contributed by atoms with Crippen LogP contribution < -0.4 is 9.64 Å². The highest BCUT2D eigenvalue weighted by atomic mass is 16.5. The lowest BCUT2D eigenvalue weighted by Crippen LogP contribution is -2.47. The number of terminal acetylenes is 1. The van der Waals surface area contributed by atoms with Crippen LogP contribution in [-0.2, 0) is 11.2 Å². The van der Waals surface area contributed by atoms with E-state index >= 15 is 0 Å². The minimum absolute atomic E-state index is 0.0906. The number of carbonyl (C=O) groups is 1. The summed E-state index contributed by atoms with van der Waals surface area (Å²) in [6.45, 7) is 2.18. The second kappa shape index (κ2) is 6.05. The lowest BCUT2D eigenvalue weighted by Gasteiger charge is -2.33. The topological polar surface area (TPSA) is 49.8 Å². The molecule has 0 aromatic heterocycles. The lowest BCUT2D eigenvalue weighted by molar-refractivity contribution is -0.126.